The highest BCUT2D eigenvalue weighted by Crippen LogP contribution is 2.44. The van der Waals surface area contributed by atoms with Crippen molar-refractivity contribution in [3.63, 3.8) is 0 Å². The molecule has 2 unspecified atom stereocenters. The van der Waals surface area contributed by atoms with Gasteiger partial charge in [-0.05, 0) is 35.1 Å². The summed E-state index contributed by atoms with van der Waals surface area (Å²) in [4.78, 5) is 15.4. The van der Waals surface area contributed by atoms with E-state index in [2.05, 4.69) is 25.1 Å². The molecule has 0 spiro atoms. The number of hydrogen-bond donors (Lipinski definition) is 1. The summed E-state index contributed by atoms with van der Waals surface area (Å²) in [6, 6.07) is 17.6. The number of phenolic OH excluding ortho intramolecular Hbond substituents is 1. The number of rotatable bonds is 6. The molecule has 3 aromatic carbocycles. The van der Waals surface area contributed by atoms with Crippen molar-refractivity contribution in [1.82, 2.24) is 4.90 Å². The predicted molar refractivity (Wildman–Crippen MR) is 127 cm³/mol. The minimum Gasteiger partial charge on any atom is -0.507 e. The fourth-order valence-electron chi connectivity index (χ4n) is 4.87. The van der Waals surface area contributed by atoms with E-state index in [-0.39, 0.29) is 24.0 Å². The SMILES string of the molecule is COc1cc(O)c(C(CC(=O)N2CCCC(C)C2)c2cccc3ccccc23)c(OC)c1. The molecular formula is C27H31NO4. The van der Waals surface area contributed by atoms with Gasteiger partial charge in [-0.3, -0.25) is 4.79 Å². The first-order valence-electron chi connectivity index (χ1n) is 11.2. The average Bonchev–Trinajstić information content (AvgIpc) is 2.81. The molecule has 5 heteroatoms. The monoisotopic (exact) mass is 433 g/mol. The van der Waals surface area contributed by atoms with Gasteiger partial charge in [0, 0.05) is 43.1 Å². The van der Waals surface area contributed by atoms with E-state index < -0.39 is 0 Å². The van der Waals surface area contributed by atoms with E-state index >= 15 is 0 Å². The summed E-state index contributed by atoms with van der Waals surface area (Å²) in [6.45, 7) is 3.77. The zero-order chi connectivity index (χ0) is 22.7. The molecule has 1 aliphatic heterocycles. The second kappa shape index (κ2) is 9.51. The molecule has 0 aliphatic carbocycles. The Morgan fingerprint density at radius 1 is 1.12 bits per heavy atom. The van der Waals surface area contributed by atoms with Gasteiger partial charge in [0.05, 0.1) is 14.2 Å². The van der Waals surface area contributed by atoms with Crippen LogP contribution >= 0.6 is 0 Å². The Balaban J connectivity index is 1.83. The largest absolute Gasteiger partial charge is 0.507 e. The van der Waals surface area contributed by atoms with Crippen LogP contribution in [0.3, 0.4) is 0 Å². The Labute approximate surface area is 189 Å². The molecule has 1 saturated heterocycles. The van der Waals surface area contributed by atoms with Crippen LogP contribution in [-0.2, 0) is 4.79 Å². The topological polar surface area (TPSA) is 59.0 Å². The normalized spacial score (nSPS) is 17.2. The number of fused-ring (bicyclic) bond motifs is 1. The number of likely N-dealkylation sites (tertiary alicyclic amines) is 1. The highest BCUT2D eigenvalue weighted by molar-refractivity contribution is 5.88. The third-order valence-electron chi connectivity index (χ3n) is 6.49. The number of piperidine rings is 1. The maximum atomic E-state index is 13.4. The van der Waals surface area contributed by atoms with E-state index in [4.69, 9.17) is 9.47 Å². The van der Waals surface area contributed by atoms with Crippen molar-refractivity contribution in [2.75, 3.05) is 27.3 Å². The smallest absolute Gasteiger partial charge is 0.223 e. The van der Waals surface area contributed by atoms with Gasteiger partial charge < -0.3 is 19.5 Å². The number of amides is 1. The highest BCUT2D eigenvalue weighted by Gasteiger charge is 2.30. The zero-order valence-corrected chi connectivity index (χ0v) is 19.0. The van der Waals surface area contributed by atoms with Crippen molar-refractivity contribution >= 4 is 16.7 Å². The zero-order valence-electron chi connectivity index (χ0n) is 19.0. The van der Waals surface area contributed by atoms with Crippen molar-refractivity contribution in [3.05, 3.63) is 65.7 Å². The number of phenols is 1. The van der Waals surface area contributed by atoms with E-state index in [0.717, 1.165) is 42.3 Å². The predicted octanol–water partition coefficient (Wildman–Crippen LogP) is 5.34. The first-order chi connectivity index (χ1) is 15.5. The lowest BCUT2D eigenvalue weighted by Crippen LogP contribution is -2.39. The molecule has 4 rings (SSSR count). The lowest BCUT2D eigenvalue weighted by atomic mass is 9.83. The molecule has 2 atom stereocenters. The van der Waals surface area contributed by atoms with Crippen LogP contribution in [0.5, 0.6) is 17.2 Å². The van der Waals surface area contributed by atoms with Crippen molar-refractivity contribution in [2.24, 2.45) is 5.92 Å². The number of hydrogen-bond acceptors (Lipinski definition) is 4. The summed E-state index contributed by atoms with van der Waals surface area (Å²) in [5.74, 6) is 1.35. The number of carbonyl (C=O) groups excluding carboxylic acids is 1. The van der Waals surface area contributed by atoms with Crippen LogP contribution in [0.25, 0.3) is 10.8 Å². The van der Waals surface area contributed by atoms with Crippen LogP contribution in [-0.4, -0.2) is 43.2 Å². The van der Waals surface area contributed by atoms with Crippen molar-refractivity contribution in [2.45, 2.75) is 32.1 Å². The summed E-state index contributed by atoms with van der Waals surface area (Å²) in [5, 5.41) is 13.2. The number of benzene rings is 3. The fraction of sp³-hybridized carbons (Fsp3) is 0.370. The van der Waals surface area contributed by atoms with Gasteiger partial charge in [0.2, 0.25) is 5.91 Å². The van der Waals surface area contributed by atoms with Gasteiger partial charge in [-0.15, -0.1) is 0 Å². The van der Waals surface area contributed by atoms with Crippen molar-refractivity contribution in [1.29, 1.82) is 0 Å². The molecule has 0 aromatic heterocycles. The highest BCUT2D eigenvalue weighted by atomic mass is 16.5. The maximum Gasteiger partial charge on any atom is 0.223 e. The van der Waals surface area contributed by atoms with Crippen molar-refractivity contribution in [3.8, 4) is 17.2 Å². The van der Waals surface area contributed by atoms with Gasteiger partial charge in [-0.1, -0.05) is 49.4 Å². The second-order valence-corrected chi connectivity index (χ2v) is 8.67. The van der Waals surface area contributed by atoms with Gasteiger partial charge in [0.15, 0.2) is 0 Å². The summed E-state index contributed by atoms with van der Waals surface area (Å²) >= 11 is 0. The minimum atomic E-state index is -0.355. The number of nitrogens with zero attached hydrogens (tertiary/aromatic N) is 1. The molecule has 1 fully saturated rings. The quantitative estimate of drug-likeness (QED) is 0.570. The fourth-order valence-corrected chi connectivity index (χ4v) is 4.87. The van der Waals surface area contributed by atoms with Crippen LogP contribution in [0.4, 0.5) is 0 Å². The number of carbonyl (C=O) groups is 1. The van der Waals surface area contributed by atoms with E-state index in [0.29, 0.717) is 23.0 Å². The van der Waals surface area contributed by atoms with Crippen LogP contribution in [0.1, 0.15) is 43.2 Å². The van der Waals surface area contributed by atoms with E-state index in [1.807, 2.05) is 29.2 Å². The van der Waals surface area contributed by atoms with Crippen LogP contribution in [0.2, 0.25) is 0 Å². The lowest BCUT2D eigenvalue weighted by Gasteiger charge is -2.32. The third-order valence-corrected chi connectivity index (χ3v) is 6.49. The minimum absolute atomic E-state index is 0.0685. The molecule has 0 saturated carbocycles. The van der Waals surface area contributed by atoms with E-state index in [1.165, 1.54) is 0 Å². The molecule has 0 radical (unpaired) electrons. The number of methoxy groups -OCH3 is 2. The molecule has 168 valence electrons. The Bertz CT molecular complexity index is 1100. The van der Waals surface area contributed by atoms with Crippen LogP contribution in [0, 0.1) is 5.92 Å². The van der Waals surface area contributed by atoms with E-state index in [9.17, 15) is 9.90 Å². The van der Waals surface area contributed by atoms with E-state index in [1.54, 1.807) is 26.4 Å². The van der Waals surface area contributed by atoms with Gasteiger partial charge in [0.25, 0.3) is 0 Å². The summed E-state index contributed by atoms with van der Waals surface area (Å²) < 4.78 is 11.0. The second-order valence-electron chi connectivity index (χ2n) is 8.67. The van der Waals surface area contributed by atoms with Crippen LogP contribution < -0.4 is 9.47 Å². The van der Waals surface area contributed by atoms with Crippen molar-refractivity contribution < 1.29 is 19.4 Å². The molecule has 5 nitrogen and oxygen atoms in total. The summed E-state index contributed by atoms with van der Waals surface area (Å²) in [7, 11) is 3.13. The van der Waals surface area contributed by atoms with Gasteiger partial charge in [-0.2, -0.15) is 0 Å². The standard InChI is InChI=1S/C27H31NO4/c1-18-8-7-13-28(17-18)26(30)16-23(22-12-6-10-19-9-4-5-11-21(19)22)27-24(29)14-20(31-2)15-25(27)32-3/h4-6,9-12,14-15,18,23,29H,7-8,13,16-17H2,1-3H3. The molecular weight excluding hydrogens is 402 g/mol. The first kappa shape index (κ1) is 22.0. The molecule has 1 heterocycles. The first-order valence-corrected chi connectivity index (χ1v) is 11.2. The number of ether oxygens (including phenoxy) is 2. The summed E-state index contributed by atoms with van der Waals surface area (Å²) in [5.41, 5.74) is 1.61. The Morgan fingerprint density at radius 3 is 2.66 bits per heavy atom. The Hall–Kier alpha value is -3.21. The maximum absolute atomic E-state index is 13.4. The van der Waals surface area contributed by atoms with Gasteiger partial charge in [0.1, 0.15) is 17.2 Å². The molecule has 1 aliphatic rings. The number of aromatic hydroxyl groups is 1. The summed E-state index contributed by atoms with van der Waals surface area (Å²) in [6.07, 6.45) is 2.45. The Morgan fingerprint density at radius 2 is 1.91 bits per heavy atom. The molecule has 1 N–H and O–H groups in total. The lowest BCUT2D eigenvalue weighted by molar-refractivity contribution is -0.133. The third kappa shape index (κ3) is 4.38. The van der Waals surface area contributed by atoms with Gasteiger partial charge in [-0.25, -0.2) is 0 Å². The van der Waals surface area contributed by atoms with Gasteiger partial charge >= 0.3 is 0 Å². The molecule has 3 aromatic rings. The molecule has 1 amide bonds. The molecule has 32 heavy (non-hydrogen) atoms. The molecule has 0 bridgehead atoms. The average molecular weight is 434 g/mol. The van der Waals surface area contributed by atoms with Crippen LogP contribution in [0.15, 0.2) is 54.6 Å². The Kier molecular flexibility index (Phi) is 6.54.